The van der Waals surface area contributed by atoms with Gasteiger partial charge in [-0.05, 0) is 23.1 Å². The lowest BCUT2D eigenvalue weighted by molar-refractivity contribution is -0.137. The number of para-hydroxylation sites is 1. The summed E-state index contributed by atoms with van der Waals surface area (Å²) in [5.41, 5.74) is 0.668. The number of hydrogen-bond acceptors (Lipinski definition) is 4. The minimum atomic E-state index is -4.47. The third-order valence-corrected chi connectivity index (χ3v) is 3.89. The van der Waals surface area contributed by atoms with Crippen LogP contribution in [0.4, 0.5) is 24.8 Å². The molecule has 0 saturated carbocycles. The lowest BCUT2D eigenvalue weighted by Crippen LogP contribution is -2.07. The van der Waals surface area contributed by atoms with E-state index in [2.05, 4.69) is 48.1 Å². The summed E-state index contributed by atoms with van der Waals surface area (Å²) < 4.78 is 40.2. The van der Waals surface area contributed by atoms with Gasteiger partial charge in [0.2, 0.25) is 5.95 Å². The second kappa shape index (κ2) is 8.55. The number of aromatic amines is 1. The Bertz CT molecular complexity index is 1060. The minimum absolute atomic E-state index is 0.0198. The Labute approximate surface area is 172 Å². The monoisotopic (exact) mass is 497 g/mol. The number of nitrogens with zero attached hydrogens (tertiary/aromatic N) is 3. The summed E-state index contributed by atoms with van der Waals surface area (Å²) in [7, 11) is 0. The molecule has 0 atom stereocenters. The standard InChI is InChI=1S/C18H12F3N5.CH3I/c19-18(20,21)13-7-3-1-5-11(13)15-9-16(25-17-22-10-23-26-17)12-6-2-4-8-14(12)24-15;1-2/h1-10H,(H2,22,23,24,25,26);1H3. The summed E-state index contributed by atoms with van der Waals surface area (Å²) in [6.45, 7) is 0. The number of pyridine rings is 1. The molecule has 0 unspecified atom stereocenters. The zero-order valence-electron chi connectivity index (χ0n) is 14.6. The summed E-state index contributed by atoms with van der Waals surface area (Å²) in [5, 5.41) is 10.2. The molecule has 4 rings (SSSR count). The van der Waals surface area contributed by atoms with Gasteiger partial charge in [-0.25, -0.2) is 10.1 Å². The van der Waals surface area contributed by atoms with E-state index >= 15 is 0 Å². The lowest BCUT2D eigenvalue weighted by Gasteiger charge is -2.14. The lowest BCUT2D eigenvalue weighted by atomic mass is 10.0. The average molecular weight is 497 g/mol. The Morgan fingerprint density at radius 1 is 1.00 bits per heavy atom. The Hall–Kier alpha value is -2.69. The molecule has 2 aromatic carbocycles. The molecular weight excluding hydrogens is 482 g/mol. The highest BCUT2D eigenvalue weighted by Crippen LogP contribution is 2.38. The normalized spacial score (nSPS) is 11.0. The number of benzene rings is 2. The molecule has 2 aromatic heterocycles. The maximum atomic E-state index is 13.4. The zero-order valence-corrected chi connectivity index (χ0v) is 16.8. The molecule has 0 radical (unpaired) electrons. The second-order valence-corrected chi connectivity index (χ2v) is 5.57. The quantitative estimate of drug-likeness (QED) is 0.276. The van der Waals surface area contributed by atoms with E-state index in [1.165, 1.54) is 18.5 Å². The van der Waals surface area contributed by atoms with Crippen LogP contribution < -0.4 is 5.32 Å². The van der Waals surface area contributed by atoms with Crippen molar-refractivity contribution >= 4 is 45.1 Å². The predicted octanol–water partition coefficient (Wildman–Crippen LogP) is 5.83. The van der Waals surface area contributed by atoms with Gasteiger partial charge in [0, 0.05) is 10.9 Å². The maximum absolute atomic E-state index is 13.4. The van der Waals surface area contributed by atoms with Crippen molar-refractivity contribution in [3.8, 4) is 11.3 Å². The molecule has 5 nitrogen and oxygen atoms in total. The fraction of sp³-hybridized carbons (Fsp3) is 0.105. The minimum Gasteiger partial charge on any atom is -0.324 e. The zero-order chi connectivity index (χ0) is 20.1. The number of hydrogen-bond donors (Lipinski definition) is 2. The fourth-order valence-electron chi connectivity index (χ4n) is 2.76. The van der Waals surface area contributed by atoms with Gasteiger partial charge in [-0.15, -0.1) is 0 Å². The van der Waals surface area contributed by atoms with Crippen LogP contribution in [0.2, 0.25) is 0 Å². The highest BCUT2D eigenvalue weighted by Gasteiger charge is 2.33. The van der Waals surface area contributed by atoms with Crippen molar-refractivity contribution in [3.63, 3.8) is 0 Å². The highest BCUT2D eigenvalue weighted by molar-refractivity contribution is 14.1. The van der Waals surface area contributed by atoms with E-state index < -0.39 is 11.7 Å². The molecule has 9 heteroatoms. The summed E-state index contributed by atoms with van der Waals surface area (Å²) >= 11 is 2.15. The maximum Gasteiger partial charge on any atom is 0.417 e. The van der Waals surface area contributed by atoms with Gasteiger partial charge >= 0.3 is 6.18 Å². The molecule has 0 amide bonds. The van der Waals surface area contributed by atoms with Crippen LogP contribution in [0.1, 0.15) is 5.56 Å². The van der Waals surface area contributed by atoms with Crippen LogP contribution >= 0.6 is 22.6 Å². The first-order valence-corrected chi connectivity index (χ1v) is 10.2. The molecule has 2 heterocycles. The first-order valence-electron chi connectivity index (χ1n) is 8.09. The van der Waals surface area contributed by atoms with Crippen LogP contribution in [0.5, 0.6) is 0 Å². The van der Waals surface area contributed by atoms with Crippen LogP contribution in [-0.4, -0.2) is 25.1 Å². The van der Waals surface area contributed by atoms with Crippen LogP contribution in [0.15, 0.2) is 60.9 Å². The molecule has 144 valence electrons. The molecule has 2 N–H and O–H groups in total. The summed E-state index contributed by atoms with van der Waals surface area (Å²) in [6.07, 6.45) is -3.13. The van der Waals surface area contributed by atoms with Gasteiger partial charge in [0.05, 0.1) is 22.5 Å². The van der Waals surface area contributed by atoms with Gasteiger partial charge in [-0.2, -0.15) is 23.3 Å². The first-order chi connectivity index (χ1) is 13.5. The Morgan fingerprint density at radius 2 is 1.71 bits per heavy atom. The molecule has 0 saturated heterocycles. The van der Waals surface area contributed by atoms with Crippen molar-refractivity contribution in [2.24, 2.45) is 0 Å². The third-order valence-electron chi connectivity index (χ3n) is 3.89. The molecule has 0 bridgehead atoms. The average Bonchev–Trinajstić information content (AvgIpc) is 3.22. The van der Waals surface area contributed by atoms with E-state index in [-0.39, 0.29) is 11.3 Å². The van der Waals surface area contributed by atoms with E-state index in [0.717, 1.165) is 11.5 Å². The molecule has 0 fully saturated rings. The number of alkyl halides is 4. The molecule has 0 spiro atoms. The van der Waals surface area contributed by atoms with Gasteiger partial charge < -0.3 is 5.32 Å². The van der Waals surface area contributed by atoms with Crippen molar-refractivity contribution in [1.82, 2.24) is 20.2 Å². The highest BCUT2D eigenvalue weighted by atomic mass is 127. The topological polar surface area (TPSA) is 66.5 Å². The first kappa shape index (κ1) is 20.1. The van der Waals surface area contributed by atoms with E-state index in [1.54, 1.807) is 24.3 Å². The summed E-state index contributed by atoms with van der Waals surface area (Å²) in [6, 6.07) is 14.2. The number of anilines is 2. The van der Waals surface area contributed by atoms with Gasteiger partial charge in [0.15, 0.2) is 0 Å². The third kappa shape index (κ3) is 4.24. The molecule has 0 aliphatic carbocycles. The predicted molar refractivity (Wildman–Crippen MR) is 112 cm³/mol. The van der Waals surface area contributed by atoms with Crippen LogP contribution in [0.3, 0.4) is 0 Å². The molecule has 28 heavy (non-hydrogen) atoms. The smallest absolute Gasteiger partial charge is 0.324 e. The number of fused-ring (bicyclic) bond motifs is 1. The van der Waals surface area contributed by atoms with Crippen molar-refractivity contribution in [2.45, 2.75) is 6.18 Å². The van der Waals surface area contributed by atoms with Gasteiger partial charge in [0.25, 0.3) is 0 Å². The van der Waals surface area contributed by atoms with Crippen molar-refractivity contribution in [3.05, 3.63) is 66.5 Å². The molecule has 0 aliphatic rings. The number of H-pyrrole nitrogens is 1. The van der Waals surface area contributed by atoms with E-state index in [4.69, 9.17) is 0 Å². The summed E-state index contributed by atoms with van der Waals surface area (Å²) in [4.78, 5) is 10.4. The van der Waals surface area contributed by atoms with Crippen LogP contribution in [-0.2, 0) is 6.18 Å². The Kier molecular flexibility index (Phi) is 6.12. The van der Waals surface area contributed by atoms with Crippen molar-refractivity contribution in [2.75, 3.05) is 10.2 Å². The number of aromatic nitrogens is 4. The Balaban J connectivity index is 0.00000109. The van der Waals surface area contributed by atoms with Crippen molar-refractivity contribution < 1.29 is 13.2 Å². The number of halogens is 4. The second-order valence-electron chi connectivity index (χ2n) is 5.57. The van der Waals surface area contributed by atoms with E-state index in [1.807, 2.05) is 17.1 Å². The SMILES string of the molecule is CI.FC(F)(F)c1ccccc1-c1cc(Nc2ncn[nH]2)c2ccccc2n1. The van der Waals surface area contributed by atoms with Gasteiger partial charge in [-0.1, -0.05) is 59.0 Å². The van der Waals surface area contributed by atoms with E-state index in [9.17, 15) is 13.2 Å². The number of rotatable bonds is 3. The number of nitrogens with one attached hydrogen (secondary N) is 2. The van der Waals surface area contributed by atoms with Gasteiger partial charge in [-0.3, -0.25) is 0 Å². The van der Waals surface area contributed by atoms with Gasteiger partial charge in [0.1, 0.15) is 6.33 Å². The molecule has 0 aliphatic heterocycles. The fourth-order valence-corrected chi connectivity index (χ4v) is 2.76. The van der Waals surface area contributed by atoms with Crippen LogP contribution in [0.25, 0.3) is 22.2 Å². The largest absolute Gasteiger partial charge is 0.417 e. The molecule has 4 aromatic rings. The van der Waals surface area contributed by atoms with E-state index in [0.29, 0.717) is 17.2 Å². The van der Waals surface area contributed by atoms with Crippen LogP contribution in [0, 0.1) is 0 Å². The summed E-state index contributed by atoms with van der Waals surface area (Å²) in [5.74, 6) is 0.386. The molecular formula is C19H15F3IN5. The Morgan fingerprint density at radius 3 is 2.43 bits per heavy atom. The van der Waals surface area contributed by atoms with Crippen molar-refractivity contribution in [1.29, 1.82) is 0 Å².